The molecule has 0 spiro atoms. The number of aryl methyl sites for hydroxylation is 1. The Morgan fingerprint density at radius 3 is 2.62 bits per heavy atom. The second kappa shape index (κ2) is 6.83. The van der Waals surface area contributed by atoms with Crippen LogP contribution in [0.1, 0.15) is 19.5 Å². The Kier molecular flexibility index (Phi) is 4.86. The van der Waals surface area contributed by atoms with Crippen LogP contribution < -0.4 is 10.2 Å². The molecule has 0 aromatic carbocycles. The first-order valence-electron chi connectivity index (χ1n) is 7.02. The number of likely N-dealkylation sites (N-methyl/N-ethyl adjacent to an activating group) is 2. The number of rotatable bonds is 6. The molecule has 0 aliphatic rings. The Hall–Kier alpha value is -2.44. The molecular formula is C14H20N6O. The Labute approximate surface area is 124 Å². The molecule has 7 nitrogen and oxygen atoms in total. The monoisotopic (exact) mass is 288 g/mol. The number of nitrogens with zero attached hydrogens (tertiary/aromatic N) is 5. The standard InChI is InChI=1S/C14H20N6O/c1-4-15-14(21)10-19(5-2)12-6-7-13(17-16-12)20-9-8-11(3)18-20/h6-9H,4-5,10H2,1-3H3,(H,15,21). The highest BCUT2D eigenvalue weighted by atomic mass is 16.2. The molecule has 1 amide bonds. The Morgan fingerprint density at radius 1 is 1.29 bits per heavy atom. The number of amides is 1. The molecule has 0 aliphatic carbocycles. The number of aromatic nitrogens is 4. The molecule has 7 heteroatoms. The fourth-order valence-electron chi connectivity index (χ4n) is 1.93. The molecular weight excluding hydrogens is 268 g/mol. The number of carbonyl (C=O) groups excluding carboxylic acids is 1. The number of carbonyl (C=O) groups is 1. The van der Waals surface area contributed by atoms with Gasteiger partial charge in [-0.25, -0.2) is 4.68 Å². The van der Waals surface area contributed by atoms with Crippen LogP contribution in [0.4, 0.5) is 5.82 Å². The summed E-state index contributed by atoms with van der Waals surface area (Å²) in [7, 11) is 0. The van der Waals surface area contributed by atoms with E-state index in [0.29, 0.717) is 24.7 Å². The molecule has 2 rings (SSSR count). The maximum Gasteiger partial charge on any atom is 0.239 e. The summed E-state index contributed by atoms with van der Waals surface area (Å²) in [5.41, 5.74) is 0.923. The zero-order valence-electron chi connectivity index (χ0n) is 12.6. The van der Waals surface area contributed by atoms with Gasteiger partial charge in [0.15, 0.2) is 11.6 Å². The molecule has 0 saturated heterocycles. The van der Waals surface area contributed by atoms with Crippen molar-refractivity contribution in [2.45, 2.75) is 20.8 Å². The van der Waals surface area contributed by atoms with Gasteiger partial charge in [0.05, 0.1) is 12.2 Å². The second-order valence-corrected chi connectivity index (χ2v) is 4.62. The summed E-state index contributed by atoms with van der Waals surface area (Å²) in [5, 5.41) is 15.4. The zero-order chi connectivity index (χ0) is 15.2. The zero-order valence-corrected chi connectivity index (χ0v) is 12.6. The van der Waals surface area contributed by atoms with E-state index in [1.165, 1.54) is 0 Å². The van der Waals surface area contributed by atoms with Gasteiger partial charge in [0.1, 0.15) is 0 Å². The van der Waals surface area contributed by atoms with E-state index in [1.807, 2.05) is 50.1 Å². The lowest BCUT2D eigenvalue weighted by atomic mass is 10.4. The van der Waals surface area contributed by atoms with Crippen LogP contribution in [0.5, 0.6) is 0 Å². The highest BCUT2D eigenvalue weighted by Crippen LogP contribution is 2.11. The maximum atomic E-state index is 11.7. The van der Waals surface area contributed by atoms with Crippen molar-refractivity contribution in [1.29, 1.82) is 0 Å². The van der Waals surface area contributed by atoms with Gasteiger partial charge in [-0.3, -0.25) is 4.79 Å². The van der Waals surface area contributed by atoms with Gasteiger partial charge in [-0.05, 0) is 39.0 Å². The molecule has 112 valence electrons. The summed E-state index contributed by atoms with van der Waals surface area (Å²) in [6, 6.07) is 5.60. The van der Waals surface area contributed by atoms with Crippen LogP contribution in [-0.4, -0.2) is 45.5 Å². The number of hydrogen-bond acceptors (Lipinski definition) is 5. The predicted octanol–water partition coefficient (Wildman–Crippen LogP) is 0.933. The summed E-state index contributed by atoms with van der Waals surface area (Å²) in [6.45, 7) is 7.38. The van der Waals surface area contributed by atoms with E-state index in [-0.39, 0.29) is 12.5 Å². The topological polar surface area (TPSA) is 75.9 Å². The first kappa shape index (κ1) is 15.0. The first-order valence-corrected chi connectivity index (χ1v) is 7.02. The van der Waals surface area contributed by atoms with Crippen molar-refractivity contribution in [2.24, 2.45) is 0 Å². The molecule has 0 unspecified atom stereocenters. The van der Waals surface area contributed by atoms with Crippen LogP contribution in [0.2, 0.25) is 0 Å². The van der Waals surface area contributed by atoms with Gasteiger partial charge in [0, 0.05) is 19.3 Å². The molecule has 2 aromatic rings. The summed E-state index contributed by atoms with van der Waals surface area (Å²) in [5.74, 6) is 1.31. The number of hydrogen-bond donors (Lipinski definition) is 1. The molecule has 21 heavy (non-hydrogen) atoms. The van der Waals surface area contributed by atoms with Crippen LogP contribution >= 0.6 is 0 Å². The quantitative estimate of drug-likeness (QED) is 0.856. The van der Waals surface area contributed by atoms with Crippen LogP contribution in [0.15, 0.2) is 24.4 Å². The van der Waals surface area contributed by atoms with Gasteiger partial charge >= 0.3 is 0 Å². The Balaban J connectivity index is 2.11. The average Bonchev–Trinajstić information content (AvgIpc) is 2.92. The lowest BCUT2D eigenvalue weighted by molar-refractivity contribution is -0.119. The van der Waals surface area contributed by atoms with Crippen LogP contribution in [0, 0.1) is 6.92 Å². The third-order valence-corrected chi connectivity index (χ3v) is 3.01. The molecule has 1 N–H and O–H groups in total. The largest absolute Gasteiger partial charge is 0.355 e. The van der Waals surface area contributed by atoms with Crippen molar-refractivity contribution in [1.82, 2.24) is 25.3 Å². The van der Waals surface area contributed by atoms with Gasteiger partial charge in [0.25, 0.3) is 0 Å². The van der Waals surface area contributed by atoms with Crippen molar-refractivity contribution in [3.8, 4) is 5.82 Å². The van der Waals surface area contributed by atoms with E-state index >= 15 is 0 Å². The molecule has 0 fully saturated rings. The second-order valence-electron chi connectivity index (χ2n) is 4.62. The number of nitrogens with one attached hydrogen (secondary N) is 1. The van der Waals surface area contributed by atoms with E-state index in [4.69, 9.17) is 0 Å². The summed E-state index contributed by atoms with van der Waals surface area (Å²) < 4.78 is 1.67. The van der Waals surface area contributed by atoms with Gasteiger partial charge < -0.3 is 10.2 Å². The van der Waals surface area contributed by atoms with Crippen LogP contribution in [0.3, 0.4) is 0 Å². The van der Waals surface area contributed by atoms with Gasteiger partial charge in [-0.2, -0.15) is 5.10 Å². The minimum Gasteiger partial charge on any atom is -0.355 e. The minimum atomic E-state index is -0.0204. The van der Waals surface area contributed by atoms with Gasteiger partial charge in [-0.15, -0.1) is 10.2 Å². The van der Waals surface area contributed by atoms with Crippen molar-refractivity contribution in [2.75, 3.05) is 24.5 Å². The normalized spacial score (nSPS) is 10.4. The smallest absolute Gasteiger partial charge is 0.239 e. The third kappa shape index (κ3) is 3.77. The summed E-state index contributed by atoms with van der Waals surface area (Å²) in [4.78, 5) is 13.5. The van der Waals surface area contributed by atoms with E-state index in [0.717, 1.165) is 5.69 Å². The van der Waals surface area contributed by atoms with E-state index in [1.54, 1.807) is 4.68 Å². The van der Waals surface area contributed by atoms with Gasteiger partial charge in [-0.1, -0.05) is 0 Å². The van der Waals surface area contributed by atoms with E-state index in [9.17, 15) is 4.79 Å². The highest BCUT2D eigenvalue weighted by molar-refractivity contribution is 5.80. The molecule has 2 aromatic heterocycles. The maximum absolute atomic E-state index is 11.7. The van der Waals surface area contributed by atoms with Crippen molar-refractivity contribution >= 4 is 11.7 Å². The van der Waals surface area contributed by atoms with Crippen molar-refractivity contribution < 1.29 is 4.79 Å². The lowest BCUT2D eigenvalue weighted by Crippen LogP contribution is -2.37. The molecule has 0 saturated carbocycles. The number of anilines is 1. The highest BCUT2D eigenvalue weighted by Gasteiger charge is 2.11. The molecule has 0 atom stereocenters. The van der Waals surface area contributed by atoms with Crippen molar-refractivity contribution in [3.63, 3.8) is 0 Å². The van der Waals surface area contributed by atoms with Gasteiger partial charge in [0.2, 0.25) is 5.91 Å². The van der Waals surface area contributed by atoms with Crippen molar-refractivity contribution in [3.05, 3.63) is 30.1 Å². The average molecular weight is 288 g/mol. The van der Waals surface area contributed by atoms with E-state index < -0.39 is 0 Å². The molecule has 0 radical (unpaired) electrons. The van der Waals surface area contributed by atoms with Crippen LogP contribution in [-0.2, 0) is 4.79 Å². The predicted molar refractivity (Wildman–Crippen MR) is 80.5 cm³/mol. The third-order valence-electron chi connectivity index (χ3n) is 3.01. The van der Waals surface area contributed by atoms with Crippen LogP contribution in [0.25, 0.3) is 5.82 Å². The fourth-order valence-corrected chi connectivity index (χ4v) is 1.93. The Bertz CT molecular complexity index is 592. The first-order chi connectivity index (χ1) is 10.1. The molecule has 0 bridgehead atoms. The SMILES string of the molecule is CCNC(=O)CN(CC)c1ccc(-n2ccc(C)n2)nn1. The summed E-state index contributed by atoms with van der Waals surface area (Å²) in [6.07, 6.45) is 1.84. The molecule has 0 aliphatic heterocycles. The fraction of sp³-hybridized carbons (Fsp3) is 0.429. The lowest BCUT2D eigenvalue weighted by Gasteiger charge is -2.20. The minimum absolute atomic E-state index is 0.0204. The summed E-state index contributed by atoms with van der Waals surface area (Å²) >= 11 is 0. The Morgan fingerprint density at radius 2 is 2.10 bits per heavy atom. The van der Waals surface area contributed by atoms with E-state index in [2.05, 4.69) is 20.6 Å². The molecule has 2 heterocycles.